The van der Waals surface area contributed by atoms with Crippen molar-refractivity contribution < 1.29 is 23.1 Å². The highest BCUT2D eigenvalue weighted by Crippen LogP contribution is 2.40. The molecule has 4 atom stereocenters. The molecule has 1 aliphatic heterocycles. The van der Waals surface area contributed by atoms with Crippen LogP contribution in [0.5, 0.6) is 0 Å². The van der Waals surface area contributed by atoms with E-state index in [-0.39, 0.29) is 29.1 Å². The topological polar surface area (TPSA) is 81.6 Å². The molecule has 1 aromatic heterocycles. The van der Waals surface area contributed by atoms with Crippen molar-refractivity contribution in [3.8, 4) is 0 Å². The molecule has 198 valence electrons. The Balaban J connectivity index is 1.54. The molecule has 2 fully saturated rings. The molecule has 0 bridgehead atoms. The smallest absolute Gasteiger partial charge is 0.390 e. The average Bonchev–Trinajstić information content (AvgIpc) is 3.16. The number of alkyl halides is 3. The van der Waals surface area contributed by atoms with E-state index >= 15 is 0 Å². The maximum atomic E-state index is 13.5. The molecule has 10 heteroatoms. The van der Waals surface area contributed by atoms with Gasteiger partial charge in [0.25, 0.3) is 0 Å². The molecule has 36 heavy (non-hydrogen) atoms. The molecule has 0 spiro atoms. The molecule has 2 heterocycles. The zero-order valence-corrected chi connectivity index (χ0v) is 21.5. The van der Waals surface area contributed by atoms with Crippen LogP contribution in [0.4, 0.5) is 19.0 Å². The number of amides is 1. The lowest BCUT2D eigenvalue weighted by atomic mass is 9.72. The highest BCUT2D eigenvalue weighted by molar-refractivity contribution is 5.93. The molecule has 2 aromatic rings. The number of anilines is 1. The normalized spacial score (nSPS) is 25.9. The largest absolute Gasteiger partial charge is 0.416 e. The van der Waals surface area contributed by atoms with Gasteiger partial charge in [-0.3, -0.25) is 4.79 Å². The highest BCUT2D eigenvalue weighted by Gasteiger charge is 2.47. The minimum atomic E-state index is -4.49. The number of halogens is 3. The number of carbonyl (C=O) groups excluding carboxylic acids is 1. The molecule has 2 aliphatic rings. The number of hydrogen-bond acceptors (Lipinski definition) is 6. The Kier molecular flexibility index (Phi) is 7.22. The number of nitrogens with zero attached hydrogens (tertiary/aromatic N) is 4. The Hall–Kier alpha value is -2.46. The first-order valence-corrected chi connectivity index (χ1v) is 12.6. The minimum absolute atomic E-state index is 0.0885. The first-order valence-electron chi connectivity index (χ1n) is 12.6. The van der Waals surface area contributed by atoms with E-state index in [4.69, 9.17) is 0 Å². The Bertz CT molecular complexity index is 1100. The van der Waals surface area contributed by atoms with E-state index in [0.29, 0.717) is 30.6 Å². The molecule has 2 N–H and O–H groups in total. The summed E-state index contributed by atoms with van der Waals surface area (Å²) in [6, 6.07) is 3.35. The van der Waals surface area contributed by atoms with Gasteiger partial charge >= 0.3 is 6.18 Å². The number of nitrogens with one attached hydrogen (secondary N) is 1. The predicted molar refractivity (Wildman–Crippen MR) is 132 cm³/mol. The molecule has 0 radical (unpaired) electrons. The van der Waals surface area contributed by atoms with E-state index < -0.39 is 23.4 Å². The molecule has 1 saturated heterocycles. The monoisotopic (exact) mass is 507 g/mol. The van der Waals surface area contributed by atoms with Gasteiger partial charge in [-0.05, 0) is 78.6 Å². The zero-order chi connectivity index (χ0) is 26.4. The van der Waals surface area contributed by atoms with Gasteiger partial charge in [0.05, 0.1) is 16.7 Å². The first kappa shape index (κ1) is 26.6. The van der Waals surface area contributed by atoms with Gasteiger partial charge in [0.2, 0.25) is 5.91 Å². The van der Waals surface area contributed by atoms with E-state index in [9.17, 15) is 23.1 Å². The fourth-order valence-electron chi connectivity index (χ4n) is 5.73. The van der Waals surface area contributed by atoms with Crippen LogP contribution in [0.1, 0.15) is 58.9 Å². The zero-order valence-electron chi connectivity index (χ0n) is 21.5. The molecule has 7 nitrogen and oxygen atoms in total. The maximum Gasteiger partial charge on any atom is 0.416 e. The number of aliphatic hydroxyl groups is 1. The number of fused-ring (bicyclic) bond motifs is 1. The van der Waals surface area contributed by atoms with Crippen molar-refractivity contribution in [1.29, 1.82) is 0 Å². The molecule has 4 rings (SSSR count). The molecule has 1 unspecified atom stereocenters. The van der Waals surface area contributed by atoms with Crippen LogP contribution in [-0.2, 0) is 11.0 Å². The van der Waals surface area contributed by atoms with Crippen molar-refractivity contribution in [2.75, 3.05) is 18.9 Å². The second kappa shape index (κ2) is 9.78. The third-order valence-corrected chi connectivity index (χ3v) is 8.00. The van der Waals surface area contributed by atoms with Gasteiger partial charge < -0.3 is 20.2 Å². The summed E-state index contributed by atoms with van der Waals surface area (Å²) < 4.78 is 39.8. The van der Waals surface area contributed by atoms with E-state index in [1.165, 1.54) is 12.4 Å². The summed E-state index contributed by atoms with van der Waals surface area (Å²) in [4.78, 5) is 25.9. The molecular formula is C26H36F3N5O2. The molecular weight excluding hydrogens is 471 g/mol. The third-order valence-electron chi connectivity index (χ3n) is 8.00. The number of hydrogen-bond donors (Lipinski definition) is 2. The van der Waals surface area contributed by atoms with Crippen molar-refractivity contribution in [3.05, 3.63) is 30.1 Å². The second-order valence-corrected chi connectivity index (χ2v) is 11.0. The van der Waals surface area contributed by atoms with Crippen LogP contribution in [-0.4, -0.2) is 74.1 Å². The Labute approximate surface area is 210 Å². The molecule has 1 amide bonds. The van der Waals surface area contributed by atoms with E-state index in [0.717, 1.165) is 31.4 Å². The van der Waals surface area contributed by atoms with Gasteiger partial charge in [-0.2, -0.15) is 13.2 Å². The fraction of sp³-hybridized carbons (Fsp3) is 0.654. The Morgan fingerprint density at radius 2 is 1.89 bits per heavy atom. The van der Waals surface area contributed by atoms with Crippen LogP contribution in [0, 0.1) is 5.92 Å². The average molecular weight is 508 g/mol. The van der Waals surface area contributed by atoms with Gasteiger partial charge in [0.1, 0.15) is 18.2 Å². The number of carbonyl (C=O) groups is 1. The van der Waals surface area contributed by atoms with Crippen LogP contribution in [0.15, 0.2) is 24.5 Å². The van der Waals surface area contributed by atoms with Gasteiger partial charge in [0, 0.05) is 36.0 Å². The van der Waals surface area contributed by atoms with Crippen molar-refractivity contribution in [2.45, 2.75) is 89.3 Å². The van der Waals surface area contributed by atoms with Crippen molar-refractivity contribution in [3.63, 3.8) is 0 Å². The molecule has 1 saturated carbocycles. The quantitative estimate of drug-likeness (QED) is 0.607. The van der Waals surface area contributed by atoms with E-state index in [1.807, 2.05) is 18.7 Å². The first-order chi connectivity index (χ1) is 16.8. The number of benzene rings is 1. The summed E-state index contributed by atoms with van der Waals surface area (Å²) in [6.07, 6.45) is -0.179. The van der Waals surface area contributed by atoms with Gasteiger partial charge in [-0.1, -0.05) is 0 Å². The van der Waals surface area contributed by atoms with Crippen LogP contribution in [0.2, 0.25) is 0 Å². The van der Waals surface area contributed by atoms with Crippen LogP contribution >= 0.6 is 0 Å². The third kappa shape index (κ3) is 5.29. The van der Waals surface area contributed by atoms with Crippen LogP contribution in [0.25, 0.3) is 10.9 Å². The lowest BCUT2D eigenvalue weighted by Gasteiger charge is -2.48. The number of aromatic nitrogens is 2. The standard InChI is InChI=1S/C26H36F3N5O2/c1-15(2)33(5)17-7-9-22(19(13-17)25(3,4)36)34-11-10-21(24(34)35)32-23-18-12-16(26(27,28)29)6-8-20(18)30-14-31-23/h6,8,12,14-15,17,19,21-22,36H,7,9-11,13H2,1-5H3,(H,30,31,32)/t17-,19+,21?,22+/m1/s1. The number of rotatable bonds is 6. The van der Waals surface area contributed by atoms with E-state index in [1.54, 1.807) is 0 Å². The summed E-state index contributed by atoms with van der Waals surface area (Å²) in [5.41, 5.74) is -1.37. The van der Waals surface area contributed by atoms with Crippen molar-refractivity contribution in [1.82, 2.24) is 19.8 Å². The lowest BCUT2D eigenvalue weighted by molar-refractivity contribution is -0.138. The summed E-state index contributed by atoms with van der Waals surface area (Å²) in [5.74, 6) is 0.0191. The number of likely N-dealkylation sites (tertiary alicyclic amines) is 1. The van der Waals surface area contributed by atoms with Gasteiger partial charge in [-0.15, -0.1) is 0 Å². The van der Waals surface area contributed by atoms with Crippen LogP contribution < -0.4 is 5.32 Å². The maximum absolute atomic E-state index is 13.5. The molecule has 1 aromatic carbocycles. The summed E-state index contributed by atoms with van der Waals surface area (Å²) in [6.45, 7) is 8.45. The van der Waals surface area contributed by atoms with Gasteiger partial charge in [-0.25, -0.2) is 9.97 Å². The van der Waals surface area contributed by atoms with Crippen molar-refractivity contribution >= 4 is 22.6 Å². The Morgan fingerprint density at radius 3 is 2.53 bits per heavy atom. The van der Waals surface area contributed by atoms with E-state index in [2.05, 4.69) is 41.1 Å². The summed E-state index contributed by atoms with van der Waals surface area (Å²) in [7, 11) is 2.11. The Morgan fingerprint density at radius 1 is 1.17 bits per heavy atom. The second-order valence-electron chi connectivity index (χ2n) is 11.0. The minimum Gasteiger partial charge on any atom is -0.390 e. The summed E-state index contributed by atoms with van der Waals surface area (Å²) >= 11 is 0. The van der Waals surface area contributed by atoms with Crippen LogP contribution in [0.3, 0.4) is 0 Å². The molecule has 1 aliphatic carbocycles. The fourth-order valence-corrected chi connectivity index (χ4v) is 5.73. The van der Waals surface area contributed by atoms with Gasteiger partial charge in [0.15, 0.2) is 0 Å². The highest BCUT2D eigenvalue weighted by atomic mass is 19.4. The predicted octanol–water partition coefficient (Wildman–Crippen LogP) is 4.31. The summed E-state index contributed by atoms with van der Waals surface area (Å²) in [5, 5.41) is 14.4. The lowest BCUT2D eigenvalue weighted by Crippen LogP contribution is -2.56. The SMILES string of the molecule is CC(C)N(C)[C@@H]1CC[C@H](N2CCC(Nc3ncnc4ccc(C(F)(F)F)cc34)C2=O)[C@@H](C(C)(C)O)C1. The van der Waals surface area contributed by atoms with Crippen molar-refractivity contribution in [2.24, 2.45) is 5.92 Å².